The SMILES string of the molecule is Nc1ccccc1C(=O)Nc1ccc(-c2cnc[nH]2)cc1. The molecule has 3 aromatic rings. The van der Waals surface area contributed by atoms with Gasteiger partial charge in [-0.1, -0.05) is 24.3 Å². The lowest BCUT2D eigenvalue weighted by atomic mass is 10.1. The van der Waals surface area contributed by atoms with Gasteiger partial charge in [0.15, 0.2) is 0 Å². The first-order chi connectivity index (χ1) is 10.2. The molecule has 0 bridgehead atoms. The number of hydrogen-bond donors (Lipinski definition) is 3. The van der Waals surface area contributed by atoms with Crippen LogP contribution in [-0.2, 0) is 0 Å². The minimum atomic E-state index is -0.220. The van der Waals surface area contributed by atoms with Crippen molar-refractivity contribution in [2.75, 3.05) is 11.1 Å². The lowest BCUT2D eigenvalue weighted by Crippen LogP contribution is -2.13. The Morgan fingerprint density at radius 3 is 2.52 bits per heavy atom. The summed E-state index contributed by atoms with van der Waals surface area (Å²) >= 11 is 0. The van der Waals surface area contributed by atoms with Crippen LogP contribution in [0.25, 0.3) is 11.3 Å². The van der Waals surface area contributed by atoms with Gasteiger partial charge in [-0.15, -0.1) is 0 Å². The highest BCUT2D eigenvalue weighted by atomic mass is 16.1. The number of carbonyl (C=O) groups is 1. The Morgan fingerprint density at radius 1 is 1.10 bits per heavy atom. The second-order valence-corrected chi connectivity index (χ2v) is 4.58. The molecule has 0 aliphatic rings. The third-order valence-electron chi connectivity index (χ3n) is 3.16. The van der Waals surface area contributed by atoms with Crippen LogP contribution in [0.5, 0.6) is 0 Å². The van der Waals surface area contributed by atoms with Gasteiger partial charge in [0.05, 0.1) is 23.8 Å². The molecule has 4 N–H and O–H groups in total. The van der Waals surface area contributed by atoms with E-state index in [1.807, 2.05) is 24.3 Å². The standard InChI is InChI=1S/C16H14N4O/c17-14-4-2-1-3-13(14)16(21)20-12-7-5-11(6-8-12)15-9-18-10-19-15/h1-10H,17H2,(H,18,19)(H,20,21). The third-order valence-corrected chi connectivity index (χ3v) is 3.16. The molecule has 5 nitrogen and oxygen atoms in total. The first-order valence-corrected chi connectivity index (χ1v) is 6.49. The van der Waals surface area contributed by atoms with E-state index in [9.17, 15) is 4.79 Å². The van der Waals surface area contributed by atoms with Crippen molar-refractivity contribution >= 4 is 17.3 Å². The van der Waals surface area contributed by atoms with Crippen LogP contribution in [0.15, 0.2) is 61.1 Å². The maximum absolute atomic E-state index is 12.1. The van der Waals surface area contributed by atoms with E-state index in [1.54, 1.807) is 36.8 Å². The number of rotatable bonds is 3. The molecule has 1 heterocycles. The summed E-state index contributed by atoms with van der Waals surface area (Å²) in [6.45, 7) is 0. The number of imidazole rings is 1. The zero-order chi connectivity index (χ0) is 14.7. The smallest absolute Gasteiger partial charge is 0.257 e. The molecular weight excluding hydrogens is 264 g/mol. The molecular formula is C16H14N4O. The maximum Gasteiger partial charge on any atom is 0.257 e. The Balaban J connectivity index is 1.77. The fraction of sp³-hybridized carbons (Fsp3) is 0. The summed E-state index contributed by atoms with van der Waals surface area (Å²) in [5.41, 5.74) is 9.37. The van der Waals surface area contributed by atoms with Gasteiger partial charge in [-0.05, 0) is 29.8 Å². The zero-order valence-corrected chi connectivity index (χ0v) is 11.2. The highest BCUT2D eigenvalue weighted by molar-refractivity contribution is 6.07. The van der Waals surface area contributed by atoms with Crippen LogP contribution in [-0.4, -0.2) is 15.9 Å². The number of hydrogen-bond acceptors (Lipinski definition) is 3. The first-order valence-electron chi connectivity index (χ1n) is 6.49. The number of nitrogen functional groups attached to an aromatic ring is 1. The topological polar surface area (TPSA) is 83.8 Å². The molecule has 0 radical (unpaired) electrons. The molecule has 104 valence electrons. The van der Waals surface area contributed by atoms with Crippen molar-refractivity contribution in [3.8, 4) is 11.3 Å². The van der Waals surface area contributed by atoms with Crippen molar-refractivity contribution < 1.29 is 4.79 Å². The normalized spacial score (nSPS) is 10.3. The molecule has 0 fully saturated rings. The molecule has 1 aromatic heterocycles. The Labute approximate surface area is 121 Å². The van der Waals surface area contributed by atoms with Crippen LogP contribution in [0.1, 0.15) is 10.4 Å². The van der Waals surface area contributed by atoms with E-state index in [0.717, 1.165) is 11.3 Å². The van der Waals surface area contributed by atoms with Gasteiger partial charge >= 0.3 is 0 Å². The molecule has 0 spiro atoms. The Morgan fingerprint density at radius 2 is 1.86 bits per heavy atom. The van der Waals surface area contributed by atoms with Gasteiger partial charge < -0.3 is 16.0 Å². The van der Waals surface area contributed by atoms with E-state index in [0.29, 0.717) is 16.9 Å². The lowest BCUT2D eigenvalue weighted by molar-refractivity contribution is 0.102. The number of amides is 1. The van der Waals surface area contributed by atoms with E-state index in [4.69, 9.17) is 5.73 Å². The van der Waals surface area contributed by atoms with Gasteiger partial charge in [0.2, 0.25) is 0 Å². The highest BCUT2D eigenvalue weighted by Crippen LogP contribution is 2.20. The fourth-order valence-electron chi connectivity index (χ4n) is 2.05. The summed E-state index contributed by atoms with van der Waals surface area (Å²) in [6.07, 6.45) is 3.38. The van der Waals surface area contributed by atoms with Crippen LogP contribution in [0.3, 0.4) is 0 Å². The lowest BCUT2D eigenvalue weighted by Gasteiger charge is -2.08. The minimum Gasteiger partial charge on any atom is -0.398 e. The summed E-state index contributed by atoms with van der Waals surface area (Å²) in [6, 6.07) is 14.5. The zero-order valence-electron chi connectivity index (χ0n) is 11.2. The fourth-order valence-corrected chi connectivity index (χ4v) is 2.05. The van der Waals surface area contributed by atoms with E-state index in [2.05, 4.69) is 15.3 Å². The highest BCUT2D eigenvalue weighted by Gasteiger charge is 2.09. The van der Waals surface area contributed by atoms with Gasteiger partial charge in [-0.2, -0.15) is 0 Å². The van der Waals surface area contributed by atoms with Gasteiger partial charge in [0.1, 0.15) is 0 Å². The first kappa shape index (κ1) is 12.9. The molecule has 21 heavy (non-hydrogen) atoms. The van der Waals surface area contributed by atoms with Gasteiger partial charge in [-0.3, -0.25) is 4.79 Å². The maximum atomic E-state index is 12.1. The van der Waals surface area contributed by atoms with Crippen molar-refractivity contribution in [2.24, 2.45) is 0 Å². The van der Waals surface area contributed by atoms with Crippen LogP contribution >= 0.6 is 0 Å². The number of aromatic amines is 1. The van der Waals surface area contributed by atoms with E-state index < -0.39 is 0 Å². The Hall–Kier alpha value is -3.08. The summed E-state index contributed by atoms with van der Waals surface area (Å²) in [5, 5.41) is 2.83. The molecule has 5 heteroatoms. The predicted octanol–water partition coefficient (Wildman–Crippen LogP) is 2.91. The van der Waals surface area contributed by atoms with Gasteiger partial charge in [0, 0.05) is 11.4 Å². The monoisotopic (exact) mass is 278 g/mol. The average Bonchev–Trinajstić information content (AvgIpc) is 3.02. The number of nitrogens with zero attached hydrogens (tertiary/aromatic N) is 1. The van der Waals surface area contributed by atoms with Crippen molar-refractivity contribution in [1.82, 2.24) is 9.97 Å². The van der Waals surface area contributed by atoms with Gasteiger partial charge in [0.25, 0.3) is 5.91 Å². The Kier molecular flexibility index (Phi) is 3.39. The minimum absolute atomic E-state index is 0.220. The summed E-state index contributed by atoms with van der Waals surface area (Å²) < 4.78 is 0. The number of aromatic nitrogens is 2. The molecule has 2 aromatic carbocycles. The van der Waals surface area contributed by atoms with Crippen molar-refractivity contribution in [2.45, 2.75) is 0 Å². The summed E-state index contributed by atoms with van der Waals surface area (Å²) in [5.74, 6) is -0.220. The summed E-state index contributed by atoms with van der Waals surface area (Å²) in [4.78, 5) is 19.2. The molecule has 0 saturated carbocycles. The molecule has 3 rings (SSSR count). The van der Waals surface area contributed by atoms with E-state index in [1.165, 1.54) is 0 Å². The largest absolute Gasteiger partial charge is 0.398 e. The van der Waals surface area contributed by atoms with Crippen LogP contribution in [0, 0.1) is 0 Å². The second kappa shape index (κ2) is 5.50. The number of anilines is 2. The van der Waals surface area contributed by atoms with Crippen LogP contribution in [0.4, 0.5) is 11.4 Å². The number of benzene rings is 2. The number of H-pyrrole nitrogens is 1. The van der Waals surface area contributed by atoms with Crippen molar-refractivity contribution in [3.63, 3.8) is 0 Å². The quantitative estimate of drug-likeness (QED) is 0.644. The van der Waals surface area contributed by atoms with E-state index >= 15 is 0 Å². The Bertz CT molecular complexity index is 748. The predicted molar refractivity (Wildman–Crippen MR) is 82.8 cm³/mol. The van der Waals surface area contributed by atoms with Crippen LogP contribution in [0.2, 0.25) is 0 Å². The molecule has 1 amide bonds. The summed E-state index contributed by atoms with van der Waals surface area (Å²) in [7, 11) is 0. The van der Waals surface area contributed by atoms with Crippen molar-refractivity contribution in [3.05, 3.63) is 66.6 Å². The van der Waals surface area contributed by atoms with Crippen molar-refractivity contribution in [1.29, 1.82) is 0 Å². The molecule has 0 saturated heterocycles. The van der Waals surface area contributed by atoms with E-state index in [-0.39, 0.29) is 5.91 Å². The molecule has 0 aliphatic heterocycles. The number of carbonyl (C=O) groups excluding carboxylic acids is 1. The molecule has 0 atom stereocenters. The number of nitrogens with one attached hydrogen (secondary N) is 2. The number of para-hydroxylation sites is 1. The van der Waals surface area contributed by atoms with Crippen LogP contribution < -0.4 is 11.1 Å². The molecule has 0 aliphatic carbocycles. The number of nitrogens with two attached hydrogens (primary N) is 1. The average molecular weight is 278 g/mol. The molecule has 0 unspecified atom stereocenters. The van der Waals surface area contributed by atoms with Gasteiger partial charge in [-0.25, -0.2) is 4.98 Å². The third kappa shape index (κ3) is 2.76. The second-order valence-electron chi connectivity index (χ2n) is 4.58.